The minimum atomic E-state index is -0.300. The summed E-state index contributed by atoms with van der Waals surface area (Å²) in [4.78, 5) is 26.5. The number of nitrogens with zero attached hydrogens (tertiary/aromatic N) is 1. The Kier molecular flexibility index (Phi) is 9.47. The summed E-state index contributed by atoms with van der Waals surface area (Å²) in [6.45, 7) is 14.1. The van der Waals surface area contributed by atoms with Crippen LogP contribution in [0.1, 0.15) is 82.3 Å². The van der Waals surface area contributed by atoms with Gasteiger partial charge in [0.25, 0.3) is 0 Å². The van der Waals surface area contributed by atoms with E-state index in [9.17, 15) is 9.59 Å². The molecule has 1 aliphatic carbocycles. The molecule has 0 radical (unpaired) electrons. The van der Waals surface area contributed by atoms with Gasteiger partial charge in [-0.25, -0.2) is 4.79 Å². The van der Waals surface area contributed by atoms with Crippen molar-refractivity contribution < 1.29 is 14.3 Å². The summed E-state index contributed by atoms with van der Waals surface area (Å²) in [5.41, 5.74) is 8.40. The minimum Gasteiger partial charge on any atom is -0.462 e. The molecule has 3 aromatic carbocycles. The summed E-state index contributed by atoms with van der Waals surface area (Å²) >= 11 is 0. The molecule has 0 aromatic heterocycles. The van der Waals surface area contributed by atoms with E-state index in [0.29, 0.717) is 24.8 Å². The topological polar surface area (TPSA) is 58.6 Å². The van der Waals surface area contributed by atoms with Gasteiger partial charge in [0.1, 0.15) is 0 Å². The molecular formula is C35H44N2O3. The zero-order chi connectivity index (χ0) is 28.9. The number of anilines is 1. The third-order valence-electron chi connectivity index (χ3n) is 7.58. The van der Waals surface area contributed by atoms with Crippen LogP contribution in [-0.2, 0) is 21.4 Å². The number of nitrogens with one attached hydrogen (secondary N) is 1. The van der Waals surface area contributed by atoms with Gasteiger partial charge in [0.15, 0.2) is 0 Å². The molecular weight excluding hydrogens is 496 g/mol. The molecule has 0 aliphatic heterocycles. The Morgan fingerprint density at radius 1 is 0.925 bits per heavy atom. The van der Waals surface area contributed by atoms with Crippen LogP contribution in [0.2, 0.25) is 0 Å². The van der Waals surface area contributed by atoms with E-state index >= 15 is 0 Å². The molecule has 0 saturated heterocycles. The summed E-state index contributed by atoms with van der Waals surface area (Å²) in [5.74, 6) is -0.246. The fourth-order valence-corrected chi connectivity index (χ4v) is 5.23. The standard InChI is InChI=1S/C35H44N2O3/c1-7-37(24(3)38)33-20-17-29(23-32(33)35(4,5)6)31-22-28(16-13-26(31)10-9-21-36-30-18-19-30)25-11-14-27(15-12-25)34(39)40-8-2/h11-17,20,22-23,30,36H,7-10,18-19,21H2,1-6H3. The highest BCUT2D eigenvalue weighted by Gasteiger charge is 2.24. The van der Waals surface area contributed by atoms with Gasteiger partial charge in [0.2, 0.25) is 5.91 Å². The van der Waals surface area contributed by atoms with Crippen molar-refractivity contribution in [2.24, 2.45) is 0 Å². The van der Waals surface area contributed by atoms with Gasteiger partial charge < -0.3 is 15.0 Å². The Bertz CT molecular complexity index is 1330. The van der Waals surface area contributed by atoms with E-state index < -0.39 is 0 Å². The molecule has 0 bridgehead atoms. The number of hydrogen-bond acceptors (Lipinski definition) is 4. The van der Waals surface area contributed by atoms with Crippen molar-refractivity contribution in [3.8, 4) is 22.3 Å². The number of aryl methyl sites for hydroxylation is 1. The SMILES string of the molecule is CCOC(=O)c1ccc(-c2ccc(CCCNC3CC3)c(-c3ccc(N(CC)C(C)=O)c(C(C)(C)C)c3)c2)cc1. The van der Waals surface area contributed by atoms with E-state index in [4.69, 9.17) is 4.74 Å². The molecule has 212 valence electrons. The molecule has 0 spiro atoms. The lowest BCUT2D eigenvalue weighted by molar-refractivity contribution is -0.116. The first-order valence-corrected chi connectivity index (χ1v) is 14.7. The number of ether oxygens (including phenoxy) is 1. The van der Waals surface area contributed by atoms with Crippen LogP contribution in [0.3, 0.4) is 0 Å². The molecule has 5 heteroatoms. The van der Waals surface area contributed by atoms with Crippen LogP contribution in [0.4, 0.5) is 5.69 Å². The maximum absolute atomic E-state index is 12.5. The van der Waals surface area contributed by atoms with Gasteiger partial charge in [0, 0.05) is 25.2 Å². The molecule has 0 atom stereocenters. The van der Waals surface area contributed by atoms with Gasteiger partial charge in [-0.05, 0) is 115 Å². The number of esters is 1. The molecule has 0 heterocycles. The van der Waals surface area contributed by atoms with Gasteiger partial charge in [-0.15, -0.1) is 0 Å². The van der Waals surface area contributed by atoms with Crippen molar-refractivity contribution in [3.05, 3.63) is 77.4 Å². The highest BCUT2D eigenvalue weighted by molar-refractivity contribution is 5.93. The summed E-state index contributed by atoms with van der Waals surface area (Å²) in [5, 5.41) is 3.64. The van der Waals surface area contributed by atoms with Crippen LogP contribution in [-0.4, -0.2) is 37.6 Å². The first-order valence-electron chi connectivity index (χ1n) is 14.7. The van der Waals surface area contributed by atoms with E-state index in [1.165, 1.54) is 24.0 Å². The zero-order valence-electron chi connectivity index (χ0n) is 25.0. The van der Waals surface area contributed by atoms with Crippen LogP contribution in [0.25, 0.3) is 22.3 Å². The number of carbonyl (C=O) groups is 2. The Morgan fingerprint density at radius 3 is 2.20 bits per heavy atom. The van der Waals surface area contributed by atoms with E-state index in [1.54, 1.807) is 6.92 Å². The van der Waals surface area contributed by atoms with Crippen LogP contribution in [0.15, 0.2) is 60.7 Å². The van der Waals surface area contributed by atoms with Crippen molar-refractivity contribution in [2.45, 2.75) is 78.7 Å². The largest absolute Gasteiger partial charge is 0.462 e. The monoisotopic (exact) mass is 540 g/mol. The number of benzene rings is 3. The molecule has 1 amide bonds. The Labute approximate surface area is 239 Å². The third kappa shape index (κ3) is 7.19. The smallest absolute Gasteiger partial charge is 0.338 e. The van der Waals surface area contributed by atoms with E-state index in [2.05, 4.69) is 62.5 Å². The average Bonchev–Trinajstić information content (AvgIpc) is 3.76. The summed E-state index contributed by atoms with van der Waals surface area (Å²) in [6.07, 6.45) is 4.66. The van der Waals surface area contributed by atoms with Crippen LogP contribution < -0.4 is 10.2 Å². The number of hydrogen-bond donors (Lipinski definition) is 1. The van der Waals surface area contributed by atoms with Gasteiger partial charge >= 0.3 is 5.97 Å². The molecule has 4 rings (SSSR count). The van der Waals surface area contributed by atoms with Gasteiger partial charge in [0.05, 0.1) is 12.2 Å². The van der Waals surface area contributed by atoms with Gasteiger partial charge in [-0.3, -0.25) is 4.79 Å². The molecule has 40 heavy (non-hydrogen) atoms. The maximum atomic E-state index is 12.5. The quantitative estimate of drug-likeness (QED) is 0.201. The Balaban J connectivity index is 1.74. The number of amides is 1. The second-order valence-corrected chi connectivity index (χ2v) is 11.7. The third-order valence-corrected chi connectivity index (χ3v) is 7.58. The number of carbonyl (C=O) groups excluding carboxylic acids is 2. The molecule has 1 saturated carbocycles. The highest BCUT2D eigenvalue weighted by atomic mass is 16.5. The fraction of sp³-hybridized carbons (Fsp3) is 0.429. The van der Waals surface area contributed by atoms with Crippen molar-refractivity contribution in [2.75, 3.05) is 24.6 Å². The second kappa shape index (κ2) is 12.8. The molecule has 1 aliphatic rings. The summed E-state index contributed by atoms with van der Waals surface area (Å²) in [6, 6.07) is 21.6. The summed E-state index contributed by atoms with van der Waals surface area (Å²) < 4.78 is 5.15. The maximum Gasteiger partial charge on any atom is 0.338 e. The van der Waals surface area contributed by atoms with Gasteiger partial charge in [-0.1, -0.05) is 51.1 Å². The van der Waals surface area contributed by atoms with Crippen molar-refractivity contribution >= 4 is 17.6 Å². The molecule has 0 unspecified atom stereocenters. The van der Waals surface area contributed by atoms with Crippen LogP contribution in [0.5, 0.6) is 0 Å². The predicted molar refractivity (Wildman–Crippen MR) is 165 cm³/mol. The Hall–Kier alpha value is -3.44. The van der Waals surface area contributed by atoms with Crippen molar-refractivity contribution in [3.63, 3.8) is 0 Å². The van der Waals surface area contributed by atoms with Crippen molar-refractivity contribution in [1.29, 1.82) is 0 Å². The summed E-state index contributed by atoms with van der Waals surface area (Å²) in [7, 11) is 0. The molecule has 1 fully saturated rings. The zero-order valence-corrected chi connectivity index (χ0v) is 25.0. The molecule has 5 nitrogen and oxygen atoms in total. The van der Waals surface area contributed by atoms with Gasteiger partial charge in [-0.2, -0.15) is 0 Å². The van der Waals surface area contributed by atoms with Crippen LogP contribution >= 0.6 is 0 Å². The number of rotatable bonds is 11. The lowest BCUT2D eigenvalue weighted by atomic mass is 9.82. The Morgan fingerprint density at radius 2 is 1.60 bits per heavy atom. The fourth-order valence-electron chi connectivity index (χ4n) is 5.23. The normalized spacial score (nSPS) is 13.2. The minimum absolute atomic E-state index is 0.0536. The lowest BCUT2D eigenvalue weighted by Gasteiger charge is -2.30. The lowest BCUT2D eigenvalue weighted by Crippen LogP contribution is -2.30. The molecule has 1 N–H and O–H groups in total. The first kappa shape index (κ1) is 29.5. The van der Waals surface area contributed by atoms with Crippen LogP contribution in [0, 0.1) is 0 Å². The van der Waals surface area contributed by atoms with Crippen molar-refractivity contribution in [1.82, 2.24) is 5.32 Å². The second-order valence-electron chi connectivity index (χ2n) is 11.7. The van der Waals surface area contributed by atoms with E-state index in [1.807, 2.05) is 43.0 Å². The predicted octanol–water partition coefficient (Wildman–Crippen LogP) is 7.55. The first-order chi connectivity index (χ1) is 19.1. The molecule has 3 aromatic rings. The van der Waals surface area contributed by atoms with E-state index in [0.717, 1.165) is 47.3 Å². The van der Waals surface area contributed by atoms with E-state index in [-0.39, 0.29) is 17.3 Å². The average molecular weight is 541 g/mol. The highest BCUT2D eigenvalue weighted by Crippen LogP contribution is 2.38.